The van der Waals surface area contributed by atoms with Crippen molar-refractivity contribution < 1.29 is 9.72 Å². The molecule has 0 heterocycles. The first-order chi connectivity index (χ1) is 11.0. The maximum Gasteiger partial charge on any atom is 0.269 e. The fourth-order valence-corrected chi connectivity index (χ4v) is 1.75. The van der Waals surface area contributed by atoms with Gasteiger partial charge in [-0.2, -0.15) is 10.4 Å². The summed E-state index contributed by atoms with van der Waals surface area (Å²) in [5.74, 6) is -0.498. The normalized spacial score (nSPS) is 10.7. The molecule has 0 aliphatic heterocycles. The molecule has 7 heteroatoms. The lowest BCUT2D eigenvalue weighted by Crippen LogP contribution is -2.14. The van der Waals surface area contributed by atoms with Crippen LogP contribution in [-0.4, -0.2) is 16.4 Å². The van der Waals surface area contributed by atoms with Crippen molar-refractivity contribution in [3.63, 3.8) is 0 Å². The molecule has 2 aromatic rings. The highest BCUT2D eigenvalue weighted by Gasteiger charge is 2.13. The Bertz CT molecular complexity index is 803. The Hall–Kier alpha value is -3.53. The number of Topliss-reactive ketones (excluding diaryl/α,β-unsaturated/α-hetero) is 1. The Morgan fingerprint density at radius 2 is 1.78 bits per heavy atom. The van der Waals surface area contributed by atoms with Crippen LogP contribution in [0.5, 0.6) is 0 Å². The lowest BCUT2D eigenvalue weighted by Gasteiger charge is -2.02. The van der Waals surface area contributed by atoms with Crippen LogP contribution in [0.2, 0.25) is 0 Å². The number of carbonyl (C=O) groups is 1. The highest BCUT2D eigenvalue weighted by atomic mass is 16.6. The van der Waals surface area contributed by atoms with Crippen molar-refractivity contribution in [3.05, 3.63) is 69.8 Å². The van der Waals surface area contributed by atoms with E-state index in [0.29, 0.717) is 11.3 Å². The zero-order valence-corrected chi connectivity index (χ0v) is 12.2. The molecule has 0 unspecified atom stereocenters. The Morgan fingerprint density at radius 1 is 1.17 bits per heavy atom. The zero-order valence-electron chi connectivity index (χ0n) is 12.2. The molecule has 0 radical (unpaired) electrons. The predicted octanol–water partition coefficient (Wildman–Crippen LogP) is 3.08. The molecule has 0 bridgehead atoms. The molecule has 1 N–H and O–H groups in total. The largest absolute Gasteiger partial charge is 0.286 e. The summed E-state index contributed by atoms with van der Waals surface area (Å²) in [5, 5.41) is 23.4. The summed E-state index contributed by atoms with van der Waals surface area (Å²) >= 11 is 0. The number of nitrogens with one attached hydrogen (secondary N) is 1. The second kappa shape index (κ2) is 6.95. The fraction of sp³-hybridized carbons (Fsp3) is 0.0625. The van der Waals surface area contributed by atoms with E-state index < -0.39 is 10.7 Å². The Labute approximate surface area is 132 Å². The van der Waals surface area contributed by atoms with Crippen LogP contribution in [0.3, 0.4) is 0 Å². The van der Waals surface area contributed by atoms with E-state index in [0.717, 1.165) is 5.56 Å². The molecule has 0 saturated carbocycles. The molecular weight excluding hydrogens is 296 g/mol. The van der Waals surface area contributed by atoms with Crippen molar-refractivity contribution in [1.82, 2.24) is 0 Å². The van der Waals surface area contributed by atoms with Gasteiger partial charge in [-0.05, 0) is 19.1 Å². The highest BCUT2D eigenvalue weighted by molar-refractivity contribution is 6.51. The van der Waals surface area contributed by atoms with E-state index in [1.807, 2.05) is 6.92 Å². The number of carbonyl (C=O) groups excluding carboxylic acids is 1. The van der Waals surface area contributed by atoms with Crippen molar-refractivity contribution in [2.24, 2.45) is 5.10 Å². The molecule has 0 aliphatic rings. The molecule has 2 rings (SSSR count). The van der Waals surface area contributed by atoms with Crippen LogP contribution in [-0.2, 0) is 0 Å². The average molecular weight is 308 g/mol. The number of hydrogen-bond acceptors (Lipinski definition) is 6. The third kappa shape index (κ3) is 3.98. The number of hydrazone groups is 1. The lowest BCUT2D eigenvalue weighted by molar-refractivity contribution is -0.384. The van der Waals surface area contributed by atoms with Gasteiger partial charge in [-0.1, -0.05) is 29.8 Å². The van der Waals surface area contributed by atoms with Gasteiger partial charge in [-0.3, -0.25) is 20.3 Å². The number of aryl methyl sites for hydroxylation is 1. The number of ketones is 1. The summed E-state index contributed by atoms with van der Waals surface area (Å²) in [5.41, 5.74) is 3.98. The number of nitro benzene ring substituents is 1. The third-order valence-electron chi connectivity index (χ3n) is 3.01. The van der Waals surface area contributed by atoms with E-state index in [-0.39, 0.29) is 11.4 Å². The molecule has 2 aromatic carbocycles. The second-order valence-electron chi connectivity index (χ2n) is 4.68. The smallest absolute Gasteiger partial charge is 0.269 e. The van der Waals surface area contributed by atoms with Gasteiger partial charge in [0.25, 0.3) is 5.69 Å². The van der Waals surface area contributed by atoms with Gasteiger partial charge in [0.2, 0.25) is 11.5 Å². The van der Waals surface area contributed by atoms with Crippen LogP contribution in [0.4, 0.5) is 11.4 Å². The van der Waals surface area contributed by atoms with E-state index >= 15 is 0 Å². The van der Waals surface area contributed by atoms with Gasteiger partial charge < -0.3 is 0 Å². The molecule has 0 aromatic heterocycles. The van der Waals surface area contributed by atoms with Crippen molar-refractivity contribution in [1.29, 1.82) is 5.26 Å². The van der Waals surface area contributed by atoms with E-state index in [1.54, 1.807) is 30.3 Å². The topological polar surface area (TPSA) is 108 Å². The first-order valence-corrected chi connectivity index (χ1v) is 6.61. The van der Waals surface area contributed by atoms with E-state index in [1.165, 1.54) is 24.3 Å². The number of hydrogen-bond donors (Lipinski definition) is 1. The molecule has 114 valence electrons. The van der Waals surface area contributed by atoms with Crippen LogP contribution in [0.15, 0.2) is 53.6 Å². The van der Waals surface area contributed by atoms with Gasteiger partial charge in [-0.15, -0.1) is 0 Å². The van der Waals surface area contributed by atoms with Gasteiger partial charge >= 0.3 is 0 Å². The van der Waals surface area contributed by atoms with Crippen molar-refractivity contribution >= 4 is 22.9 Å². The van der Waals surface area contributed by atoms with E-state index in [2.05, 4.69) is 10.5 Å². The van der Waals surface area contributed by atoms with Crippen LogP contribution < -0.4 is 5.43 Å². The molecule has 0 aliphatic carbocycles. The van der Waals surface area contributed by atoms with Gasteiger partial charge in [0.15, 0.2) is 0 Å². The first kappa shape index (κ1) is 15.9. The second-order valence-corrected chi connectivity index (χ2v) is 4.68. The lowest BCUT2D eigenvalue weighted by atomic mass is 10.1. The molecule has 0 saturated heterocycles. The van der Waals surface area contributed by atoms with E-state index in [4.69, 9.17) is 5.26 Å². The molecule has 23 heavy (non-hydrogen) atoms. The Morgan fingerprint density at radius 3 is 2.30 bits per heavy atom. The molecule has 0 spiro atoms. The van der Waals surface area contributed by atoms with E-state index in [9.17, 15) is 14.9 Å². The fourth-order valence-electron chi connectivity index (χ4n) is 1.75. The minimum Gasteiger partial charge on any atom is -0.286 e. The van der Waals surface area contributed by atoms with Gasteiger partial charge in [0.1, 0.15) is 6.07 Å². The van der Waals surface area contributed by atoms with Crippen molar-refractivity contribution in [3.8, 4) is 6.07 Å². The number of rotatable bonds is 5. The van der Waals surface area contributed by atoms with Gasteiger partial charge in [-0.25, -0.2) is 0 Å². The number of nitro groups is 1. The minimum absolute atomic E-state index is 0.0595. The maximum atomic E-state index is 12.2. The summed E-state index contributed by atoms with van der Waals surface area (Å²) in [4.78, 5) is 22.2. The number of anilines is 1. The van der Waals surface area contributed by atoms with Crippen LogP contribution >= 0.6 is 0 Å². The quantitative estimate of drug-likeness (QED) is 0.395. The molecule has 0 amide bonds. The van der Waals surface area contributed by atoms with Crippen molar-refractivity contribution in [2.75, 3.05) is 5.43 Å². The molecule has 0 atom stereocenters. The molecule has 0 fully saturated rings. The zero-order chi connectivity index (χ0) is 16.8. The van der Waals surface area contributed by atoms with Gasteiger partial charge in [0, 0.05) is 17.7 Å². The van der Waals surface area contributed by atoms with Gasteiger partial charge in [0.05, 0.1) is 10.6 Å². The summed E-state index contributed by atoms with van der Waals surface area (Å²) in [6, 6.07) is 14.0. The van der Waals surface area contributed by atoms with Crippen LogP contribution in [0.1, 0.15) is 15.9 Å². The highest BCUT2D eigenvalue weighted by Crippen LogP contribution is 2.15. The summed E-state index contributed by atoms with van der Waals surface area (Å²) in [7, 11) is 0. The number of nitrogens with zero attached hydrogens (tertiary/aromatic N) is 3. The Balaban J connectivity index is 2.15. The third-order valence-corrected chi connectivity index (χ3v) is 3.01. The Kier molecular flexibility index (Phi) is 4.79. The van der Waals surface area contributed by atoms with Crippen LogP contribution in [0.25, 0.3) is 0 Å². The first-order valence-electron chi connectivity index (χ1n) is 6.61. The minimum atomic E-state index is -0.519. The molecular formula is C16H12N4O3. The number of non-ortho nitro benzene ring substituents is 1. The predicted molar refractivity (Wildman–Crippen MR) is 85.3 cm³/mol. The number of nitriles is 1. The van der Waals surface area contributed by atoms with Crippen LogP contribution in [0, 0.1) is 28.4 Å². The standard InChI is InChI=1S/C16H12N4O3/c1-11-2-4-12(5-3-11)16(21)15(10-17)19-18-13-6-8-14(9-7-13)20(22)23/h2-9,18H,1H3/b19-15+. The summed E-state index contributed by atoms with van der Waals surface area (Å²) in [6.07, 6.45) is 0. The monoisotopic (exact) mass is 308 g/mol. The molecule has 7 nitrogen and oxygen atoms in total. The SMILES string of the molecule is Cc1ccc(C(=O)/C(C#N)=N/Nc2ccc([N+](=O)[O-])cc2)cc1. The summed E-state index contributed by atoms with van der Waals surface area (Å²) in [6.45, 7) is 1.89. The maximum absolute atomic E-state index is 12.2. The average Bonchev–Trinajstić information content (AvgIpc) is 2.56. The van der Waals surface area contributed by atoms with Crippen molar-refractivity contribution in [2.45, 2.75) is 6.92 Å². The number of benzene rings is 2. The summed E-state index contributed by atoms with van der Waals surface area (Å²) < 4.78 is 0.